The van der Waals surface area contributed by atoms with Crippen molar-refractivity contribution in [3.63, 3.8) is 0 Å². The minimum Gasteiger partial charge on any atom is -0.493 e. The average molecular weight is 496 g/mol. The van der Waals surface area contributed by atoms with E-state index in [9.17, 15) is 22.8 Å². The van der Waals surface area contributed by atoms with Gasteiger partial charge in [0.15, 0.2) is 11.5 Å². The number of halogens is 3. The van der Waals surface area contributed by atoms with E-state index in [4.69, 9.17) is 4.74 Å². The van der Waals surface area contributed by atoms with Gasteiger partial charge in [0.05, 0.1) is 24.6 Å². The summed E-state index contributed by atoms with van der Waals surface area (Å²) in [7, 11) is 1.25. The van der Waals surface area contributed by atoms with Crippen molar-refractivity contribution >= 4 is 34.3 Å². The number of ether oxygens (including phenoxy) is 2. The van der Waals surface area contributed by atoms with Crippen LogP contribution in [0.3, 0.4) is 0 Å². The molecule has 1 heterocycles. The molecule has 182 valence electrons. The van der Waals surface area contributed by atoms with Gasteiger partial charge >= 0.3 is 11.6 Å². The first-order chi connectivity index (χ1) is 16.1. The lowest BCUT2D eigenvalue weighted by molar-refractivity contribution is -0.275. The Kier molecular flexibility index (Phi) is 8.08. The lowest BCUT2D eigenvalue weighted by Gasteiger charge is -2.28. The monoisotopic (exact) mass is 495 g/mol. The maximum atomic E-state index is 12.9. The molecular formula is C23H24F3N3O4S. The largest absolute Gasteiger partial charge is 0.573 e. The number of benzene rings is 2. The molecule has 1 unspecified atom stereocenters. The zero-order chi connectivity index (χ0) is 24.9. The normalized spacial score (nSPS) is 16.2. The number of hydrogen-bond acceptors (Lipinski definition) is 6. The molecule has 0 fully saturated rings. The molecule has 0 saturated carbocycles. The van der Waals surface area contributed by atoms with Gasteiger partial charge in [0.2, 0.25) is 5.91 Å². The number of thioether (sulfide) groups is 1. The van der Waals surface area contributed by atoms with Gasteiger partial charge in [-0.05, 0) is 42.3 Å². The van der Waals surface area contributed by atoms with Gasteiger partial charge in [0.1, 0.15) is 0 Å². The molecule has 0 spiro atoms. The van der Waals surface area contributed by atoms with Crippen molar-refractivity contribution in [2.75, 3.05) is 12.4 Å². The highest BCUT2D eigenvalue weighted by atomic mass is 32.2. The van der Waals surface area contributed by atoms with E-state index in [1.165, 1.54) is 24.3 Å². The van der Waals surface area contributed by atoms with Crippen molar-refractivity contribution < 1.29 is 32.2 Å². The Bertz CT molecular complexity index is 1070. The van der Waals surface area contributed by atoms with Crippen LogP contribution in [0.4, 0.5) is 23.7 Å². The predicted octanol–water partition coefficient (Wildman–Crippen LogP) is 5.79. The summed E-state index contributed by atoms with van der Waals surface area (Å²) in [5.74, 6) is -0.659. The van der Waals surface area contributed by atoms with Crippen LogP contribution in [0.15, 0.2) is 47.6 Å². The number of hydrogen-bond donors (Lipinski definition) is 1. The molecule has 2 aromatic carbocycles. The number of carbonyl (C=O) groups is 2. The molecule has 1 aliphatic heterocycles. The number of carbonyl (C=O) groups excluding carboxylic acids is 2. The van der Waals surface area contributed by atoms with E-state index in [-0.39, 0.29) is 28.7 Å². The van der Waals surface area contributed by atoms with Crippen molar-refractivity contribution in [1.82, 2.24) is 5.01 Å². The summed E-state index contributed by atoms with van der Waals surface area (Å²) in [6.45, 7) is 3.79. The molecule has 34 heavy (non-hydrogen) atoms. The fourth-order valence-electron chi connectivity index (χ4n) is 3.25. The summed E-state index contributed by atoms with van der Waals surface area (Å²) in [6, 6.07) is 11.2. The Morgan fingerprint density at radius 2 is 1.85 bits per heavy atom. The molecule has 3 rings (SSSR count). The smallest absolute Gasteiger partial charge is 0.493 e. The molecule has 1 atom stereocenters. The van der Waals surface area contributed by atoms with E-state index in [2.05, 4.69) is 15.2 Å². The van der Waals surface area contributed by atoms with Gasteiger partial charge < -0.3 is 14.8 Å². The fourth-order valence-corrected chi connectivity index (χ4v) is 4.18. The third-order valence-electron chi connectivity index (χ3n) is 4.93. The molecule has 0 aromatic heterocycles. The molecule has 7 nitrogen and oxygen atoms in total. The second-order valence-corrected chi connectivity index (χ2v) is 8.49. The van der Waals surface area contributed by atoms with Crippen LogP contribution >= 0.6 is 11.8 Å². The Morgan fingerprint density at radius 1 is 1.15 bits per heavy atom. The van der Waals surface area contributed by atoms with E-state index in [1.54, 1.807) is 37.3 Å². The Hall–Kier alpha value is -3.21. The first-order valence-electron chi connectivity index (χ1n) is 10.5. The molecule has 0 aliphatic carbocycles. The number of nitrogens with one attached hydrogen (secondary N) is 1. The van der Waals surface area contributed by atoms with Gasteiger partial charge in [-0.15, -0.1) is 13.2 Å². The molecule has 0 saturated heterocycles. The molecule has 1 N–H and O–H groups in total. The van der Waals surface area contributed by atoms with Crippen molar-refractivity contribution in [3.8, 4) is 11.5 Å². The van der Waals surface area contributed by atoms with Crippen LogP contribution in [0.5, 0.6) is 11.5 Å². The van der Waals surface area contributed by atoms with E-state index in [0.717, 1.165) is 17.3 Å². The summed E-state index contributed by atoms with van der Waals surface area (Å²) in [5.41, 5.74) is 2.28. The maximum Gasteiger partial charge on any atom is 0.573 e. The second kappa shape index (κ2) is 10.8. The molecule has 0 bridgehead atoms. The van der Waals surface area contributed by atoms with Crippen LogP contribution in [0.25, 0.3) is 0 Å². The van der Waals surface area contributed by atoms with Crippen LogP contribution in [0.1, 0.15) is 37.8 Å². The van der Waals surface area contributed by atoms with Gasteiger partial charge in [-0.1, -0.05) is 37.7 Å². The quantitative estimate of drug-likeness (QED) is 0.501. The van der Waals surface area contributed by atoms with Gasteiger partial charge in [0, 0.05) is 17.7 Å². The van der Waals surface area contributed by atoms with Gasteiger partial charge in [-0.3, -0.25) is 9.59 Å². The standard InChI is InChI=1S/C23H24F3N3O4S/c1-4-19-21(15-8-11-17(32-3)18(12-15)33-23(24,25)26)28-29(22(31)34-19)13-14-6-9-16(10-7-14)27-20(30)5-2/h6-12,19H,4-5,13H2,1-3H3,(H,27,30). The summed E-state index contributed by atoms with van der Waals surface area (Å²) >= 11 is 1.07. The number of rotatable bonds is 8. The number of hydrazone groups is 1. The molecule has 0 radical (unpaired) electrons. The minimum atomic E-state index is -4.88. The number of methoxy groups -OCH3 is 1. The number of alkyl halides is 3. The first kappa shape index (κ1) is 25.4. The van der Waals surface area contributed by atoms with Crippen molar-refractivity contribution in [1.29, 1.82) is 0 Å². The summed E-state index contributed by atoms with van der Waals surface area (Å²) in [5, 5.41) is 7.92. The van der Waals surface area contributed by atoms with Crippen molar-refractivity contribution in [2.24, 2.45) is 5.10 Å². The maximum absolute atomic E-state index is 12.9. The van der Waals surface area contributed by atoms with E-state index < -0.39 is 12.1 Å². The summed E-state index contributed by atoms with van der Waals surface area (Å²) in [4.78, 5) is 24.2. The van der Waals surface area contributed by atoms with Crippen molar-refractivity contribution in [3.05, 3.63) is 53.6 Å². The van der Waals surface area contributed by atoms with Gasteiger partial charge in [-0.25, -0.2) is 5.01 Å². The Balaban J connectivity index is 1.89. The number of amides is 2. The second-order valence-electron chi connectivity index (χ2n) is 7.34. The molecular weight excluding hydrogens is 471 g/mol. The van der Waals surface area contributed by atoms with E-state index >= 15 is 0 Å². The van der Waals surface area contributed by atoms with Crippen LogP contribution < -0.4 is 14.8 Å². The number of anilines is 1. The topological polar surface area (TPSA) is 80.2 Å². The highest BCUT2D eigenvalue weighted by Crippen LogP contribution is 2.36. The zero-order valence-corrected chi connectivity index (χ0v) is 19.6. The summed E-state index contributed by atoms with van der Waals surface area (Å²) in [6.07, 6.45) is -3.97. The van der Waals surface area contributed by atoms with E-state index in [1.807, 2.05) is 6.92 Å². The highest BCUT2D eigenvalue weighted by Gasteiger charge is 2.34. The average Bonchev–Trinajstić information content (AvgIpc) is 2.80. The number of nitrogens with zero attached hydrogens (tertiary/aromatic N) is 2. The molecule has 11 heteroatoms. The fraction of sp³-hybridized carbons (Fsp3) is 0.348. The van der Waals surface area contributed by atoms with Crippen LogP contribution in [-0.4, -0.2) is 40.6 Å². The predicted molar refractivity (Wildman–Crippen MR) is 124 cm³/mol. The third-order valence-corrected chi connectivity index (χ3v) is 6.19. The van der Waals surface area contributed by atoms with Gasteiger partial charge in [-0.2, -0.15) is 5.10 Å². The minimum absolute atomic E-state index is 0.0682. The molecule has 1 aliphatic rings. The zero-order valence-electron chi connectivity index (χ0n) is 18.8. The Labute approximate surface area is 199 Å². The van der Waals surface area contributed by atoms with Crippen molar-refractivity contribution in [2.45, 2.75) is 44.8 Å². The van der Waals surface area contributed by atoms with Crippen LogP contribution in [-0.2, 0) is 11.3 Å². The summed E-state index contributed by atoms with van der Waals surface area (Å²) < 4.78 is 47.7. The van der Waals surface area contributed by atoms with Gasteiger partial charge in [0.25, 0.3) is 0 Å². The molecule has 2 amide bonds. The Morgan fingerprint density at radius 3 is 2.44 bits per heavy atom. The SMILES string of the molecule is CCC(=O)Nc1ccc(CN2N=C(c3ccc(OC)c(OC(F)(F)F)c3)C(CC)SC2=O)cc1. The third kappa shape index (κ3) is 6.43. The van der Waals surface area contributed by atoms with Crippen LogP contribution in [0, 0.1) is 0 Å². The lowest BCUT2D eigenvalue weighted by atomic mass is 10.0. The van der Waals surface area contributed by atoms with E-state index in [0.29, 0.717) is 29.8 Å². The highest BCUT2D eigenvalue weighted by molar-refractivity contribution is 8.14. The lowest BCUT2D eigenvalue weighted by Crippen LogP contribution is -2.34. The first-order valence-corrected chi connectivity index (χ1v) is 11.4. The molecule has 2 aromatic rings. The van der Waals surface area contributed by atoms with Crippen LogP contribution in [0.2, 0.25) is 0 Å².